The number of hydrogen-bond acceptors (Lipinski definition) is 2. The van der Waals surface area contributed by atoms with Crippen LogP contribution in [0.1, 0.15) is 36.5 Å². The molecule has 0 amide bonds. The van der Waals surface area contributed by atoms with E-state index in [0.29, 0.717) is 0 Å². The molecule has 0 saturated heterocycles. The minimum Gasteiger partial charge on any atom is -0.464 e. The molecule has 0 aliphatic carbocycles. The van der Waals surface area contributed by atoms with Crippen LogP contribution < -0.4 is 5.73 Å². The number of nitrogens with two attached hydrogens (primary N) is 1. The SMILES string of the molecule is C=C(C)C[C@H](N)c1cc(C)c(C)o1. The lowest BCUT2D eigenvalue weighted by atomic mass is 10.1. The fourth-order valence-corrected chi connectivity index (χ4v) is 1.26. The quantitative estimate of drug-likeness (QED) is 0.725. The van der Waals surface area contributed by atoms with E-state index in [1.165, 1.54) is 0 Å². The molecular formula is C11H17NO. The molecule has 2 nitrogen and oxygen atoms in total. The summed E-state index contributed by atoms with van der Waals surface area (Å²) in [4.78, 5) is 0. The van der Waals surface area contributed by atoms with Crippen molar-refractivity contribution in [3.05, 3.63) is 35.3 Å². The van der Waals surface area contributed by atoms with Crippen LogP contribution in [0.25, 0.3) is 0 Å². The van der Waals surface area contributed by atoms with E-state index >= 15 is 0 Å². The maximum absolute atomic E-state index is 5.92. The molecule has 1 heterocycles. The van der Waals surface area contributed by atoms with Crippen molar-refractivity contribution >= 4 is 0 Å². The lowest BCUT2D eigenvalue weighted by molar-refractivity contribution is 0.443. The number of hydrogen-bond donors (Lipinski definition) is 1. The molecule has 0 aromatic carbocycles. The highest BCUT2D eigenvalue weighted by atomic mass is 16.3. The highest BCUT2D eigenvalue weighted by molar-refractivity contribution is 5.21. The number of furan rings is 1. The Morgan fingerprint density at radius 1 is 1.62 bits per heavy atom. The van der Waals surface area contributed by atoms with Gasteiger partial charge in [0.2, 0.25) is 0 Å². The molecule has 0 saturated carbocycles. The third kappa shape index (κ3) is 2.46. The van der Waals surface area contributed by atoms with Crippen LogP contribution in [0.3, 0.4) is 0 Å². The molecule has 72 valence electrons. The maximum atomic E-state index is 5.92. The van der Waals surface area contributed by atoms with Gasteiger partial charge in [0.05, 0.1) is 6.04 Å². The van der Waals surface area contributed by atoms with Gasteiger partial charge in [0.15, 0.2) is 0 Å². The van der Waals surface area contributed by atoms with Gasteiger partial charge in [-0.25, -0.2) is 0 Å². The first-order valence-electron chi connectivity index (χ1n) is 4.47. The molecule has 2 heteroatoms. The van der Waals surface area contributed by atoms with E-state index in [2.05, 4.69) is 6.58 Å². The molecule has 1 aromatic rings. The molecule has 2 N–H and O–H groups in total. The third-order valence-corrected chi connectivity index (χ3v) is 2.12. The summed E-state index contributed by atoms with van der Waals surface area (Å²) in [5, 5.41) is 0. The molecular weight excluding hydrogens is 162 g/mol. The summed E-state index contributed by atoms with van der Waals surface area (Å²) in [6.07, 6.45) is 0.784. The molecule has 0 aliphatic rings. The van der Waals surface area contributed by atoms with Crippen LogP contribution in [0.4, 0.5) is 0 Å². The highest BCUT2D eigenvalue weighted by Gasteiger charge is 2.11. The Kier molecular flexibility index (Phi) is 2.94. The summed E-state index contributed by atoms with van der Waals surface area (Å²) in [6.45, 7) is 9.78. The van der Waals surface area contributed by atoms with E-state index in [1.807, 2.05) is 26.8 Å². The Hall–Kier alpha value is -1.02. The topological polar surface area (TPSA) is 39.2 Å². The Labute approximate surface area is 79.4 Å². The number of rotatable bonds is 3. The lowest BCUT2D eigenvalue weighted by Gasteiger charge is -2.07. The van der Waals surface area contributed by atoms with E-state index in [9.17, 15) is 0 Å². The van der Waals surface area contributed by atoms with Crippen LogP contribution in [-0.4, -0.2) is 0 Å². The van der Waals surface area contributed by atoms with Crippen molar-refractivity contribution in [2.24, 2.45) is 5.73 Å². The summed E-state index contributed by atoms with van der Waals surface area (Å²) in [6, 6.07) is 1.95. The van der Waals surface area contributed by atoms with Gasteiger partial charge in [0, 0.05) is 0 Å². The summed E-state index contributed by atoms with van der Waals surface area (Å²) in [5.74, 6) is 1.81. The first-order valence-corrected chi connectivity index (χ1v) is 4.47. The van der Waals surface area contributed by atoms with Gasteiger partial charge < -0.3 is 10.2 Å². The van der Waals surface area contributed by atoms with Gasteiger partial charge >= 0.3 is 0 Å². The lowest BCUT2D eigenvalue weighted by Crippen LogP contribution is -2.09. The predicted molar refractivity (Wildman–Crippen MR) is 54.5 cm³/mol. The second kappa shape index (κ2) is 3.79. The zero-order chi connectivity index (χ0) is 10.0. The zero-order valence-corrected chi connectivity index (χ0v) is 8.55. The average Bonchev–Trinajstić information content (AvgIpc) is 2.31. The van der Waals surface area contributed by atoms with Gasteiger partial charge in [-0.2, -0.15) is 0 Å². The average molecular weight is 179 g/mol. The monoisotopic (exact) mass is 179 g/mol. The predicted octanol–water partition coefficient (Wildman–Crippen LogP) is 2.86. The minimum absolute atomic E-state index is 0.0510. The molecule has 13 heavy (non-hydrogen) atoms. The molecule has 1 aromatic heterocycles. The van der Waals surface area contributed by atoms with Gasteiger partial charge in [-0.05, 0) is 38.8 Å². The van der Waals surface area contributed by atoms with Gasteiger partial charge in [-0.15, -0.1) is 6.58 Å². The smallest absolute Gasteiger partial charge is 0.121 e. The molecule has 1 atom stereocenters. The minimum atomic E-state index is -0.0510. The van der Waals surface area contributed by atoms with E-state index < -0.39 is 0 Å². The number of aryl methyl sites for hydroxylation is 2. The molecule has 0 radical (unpaired) electrons. The molecule has 1 rings (SSSR count). The van der Waals surface area contributed by atoms with Crippen molar-refractivity contribution in [2.75, 3.05) is 0 Å². The fourth-order valence-electron chi connectivity index (χ4n) is 1.26. The Bertz CT molecular complexity index is 292. The van der Waals surface area contributed by atoms with E-state index in [1.54, 1.807) is 0 Å². The fraction of sp³-hybridized carbons (Fsp3) is 0.455. The largest absolute Gasteiger partial charge is 0.464 e. The molecule has 0 spiro atoms. The molecule has 0 unspecified atom stereocenters. The Balaban J connectivity index is 2.77. The third-order valence-electron chi connectivity index (χ3n) is 2.12. The van der Waals surface area contributed by atoms with E-state index in [4.69, 9.17) is 10.2 Å². The van der Waals surface area contributed by atoms with Crippen LogP contribution >= 0.6 is 0 Å². The van der Waals surface area contributed by atoms with E-state index in [-0.39, 0.29) is 6.04 Å². The van der Waals surface area contributed by atoms with Crippen molar-refractivity contribution in [3.8, 4) is 0 Å². The summed E-state index contributed by atoms with van der Waals surface area (Å²) in [5.41, 5.74) is 8.17. The molecule has 0 bridgehead atoms. The van der Waals surface area contributed by atoms with Crippen LogP contribution in [0.2, 0.25) is 0 Å². The summed E-state index contributed by atoms with van der Waals surface area (Å²) < 4.78 is 5.51. The van der Waals surface area contributed by atoms with Crippen molar-refractivity contribution in [1.29, 1.82) is 0 Å². The van der Waals surface area contributed by atoms with Crippen molar-refractivity contribution in [3.63, 3.8) is 0 Å². The highest BCUT2D eigenvalue weighted by Crippen LogP contribution is 2.22. The second-order valence-corrected chi connectivity index (χ2v) is 3.66. The van der Waals surface area contributed by atoms with Crippen LogP contribution in [0.15, 0.2) is 22.6 Å². The first kappa shape index (κ1) is 10.1. The Morgan fingerprint density at radius 2 is 2.23 bits per heavy atom. The standard InChI is InChI=1S/C11H17NO/c1-7(2)5-10(12)11-6-8(3)9(4)13-11/h6,10H,1,5,12H2,2-4H3/t10-/m0/s1. The van der Waals surface area contributed by atoms with Gasteiger partial charge in [-0.3, -0.25) is 0 Å². The van der Waals surface area contributed by atoms with Crippen molar-refractivity contribution < 1.29 is 4.42 Å². The van der Waals surface area contributed by atoms with Crippen LogP contribution in [0.5, 0.6) is 0 Å². The van der Waals surface area contributed by atoms with Gasteiger partial charge in [0.1, 0.15) is 11.5 Å². The van der Waals surface area contributed by atoms with Crippen molar-refractivity contribution in [1.82, 2.24) is 0 Å². The van der Waals surface area contributed by atoms with Crippen LogP contribution in [0, 0.1) is 13.8 Å². The first-order chi connectivity index (χ1) is 6.00. The zero-order valence-electron chi connectivity index (χ0n) is 8.55. The Morgan fingerprint density at radius 3 is 2.62 bits per heavy atom. The van der Waals surface area contributed by atoms with Gasteiger partial charge in [0.25, 0.3) is 0 Å². The molecule has 0 aliphatic heterocycles. The second-order valence-electron chi connectivity index (χ2n) is 3.66. The van der Waals surface area contributed by atoms with Crippen LogP contribution in [-0.2, 0) is 0 Å². The van der Waals surface area contributed by atoms with E-state index in [0.717, 1.165) is 29.1 Å². The van der Waals surface area contributed by atoms with Crippen molar-refractivity contribution in [2.45, 2.75) is 33.2 Å². The summed E-state index contributed by atoms with van der Waals surface area (Å²) >= 11 is 0. The summed E-state index contributed by atoms with van der Waals surface area (Å²) in [7, 11) is 0. The maximum Gasteiger partial charge on any atom is 0.121 e. The molecule has 0 fully saturated rings. The van der Waals surface area contributed by atoms with Gasteiger partial charge in [-0.1, -0.05) is 5.57 Å². The normalized spacial score (nSPS) is 12.9.